The Balaban J connectivity index is 1.64. The summed E-state index contributed by atoms with van der Waals surface area (Å²) in [6.45, 7) is 11.3. The number of nitrogens with one attached hydrogen (secondary N) is 1. The zero-order valence-corrected chi connectivity index (χ0v) is 17.9. The second-order valence-electron chi connectivity index (χ2n) is 8.51. The number of hydrogen-bond acceptors (Lipinski definition) is 5. The van der Waals surface area contributed by atoms with Crippen LogP contribution in [0.1, 0.15) is 39.3 Å². The first-order valence-corrected chi connectivity index (χ1v) is 10.7. The van der Waals surface area contributed by atoms with Crippen LogP contribution in [0.5, 0.6) is 0 Å². The Morgan fingerprint density at radius 3 is 2.83 bits per heavy atom. The van der Waals surface area contributed by atoms with Crippen LogP contribution in [0.3, 0.4) is 0 Å². The molecule has 2 heterocycles. The lowest BCUT2D eigenvalue weighted by Crippen LogP contribution is -2.53. The third-order valence-corrected chi connectivity index (χ3v) is 5.60. The SMILES string of the molecule is CC(=O)Nc1ccc2nc(CN3CCN(CCC(C)C)C(CCO)C3)ccc2c1. The number of anilines is 1. The molecule has 1 aliphatic rings. The highest BCUT2D eigenvalue weighted by Gasteiger charge is 2.26. The number of pyridine rings is 1. The standard InChI is InChI=1S/C23H34N4O2/c1-17(2)8-10-27-12-11-26(16-22(27)9-13-28)15-21-5-4-19-14-20(24-18(3)29)6-7-23(19)25-21/h4-7,14,17,22,28H,8-13,15-16H2,1-3H3,(H,24,29). The monoisotopic (exact) mass is 398 g/mol. The fourth-order valence-corrected chi connectivity index (χ4v) is 4.01. The zero-order valence-electron chi connectivity index (χ0n) is 17.9. The number of aliphatic hydroxyl groups excluding tert-OH is 1. The van der Waals surface area contributed by atoms with Crippen molar-refractivity contribution >= 4 is 22.5 Å². The van der Waals surface area contributed by atoms with Gasteiger partial charge < -0.3 is 10.4 Å². The molecule has 6 nitrogen and oxygen atoms in total. The average molecular weight is 399 g/mol. The number of fused-ring (bicyclic) bond motifs is 1. The number of benzene rings is 1. The number of nitrogens with zero attached hydrogens (tertiary/aromatic N) is 3. The molecule has 0 radical (unpaired) electrons. The van der Waals surface area contributed by atoms with Gasteiger partial charge in [-0.3, -0.25) is 19.6 Å². The molecule has 1 fully saturated rings. The number of rotatable bonds is 8. The molecular formula is C23H34N4O2. The lowest BCUT2D eigenvalue weighted by atomic mass is 10.1. The van der Waals surface area contributed by atoms with Gasteiger partial charge in [-0.1, -0.05) is 19.9 Å². The Kier molecular flexibility index (Phi) is 7.58. The molecule has 158 valence electrons. The van der Waals surface area contributed by atoms with Crippen LogP contribution in [0.25, 0.3) is 10.9 Å². The quantitative estimate of drug-likeness (QED) is 0.715. The van der Waals surface area contributed by atoms with Gasteiger partial charge in [0, 0.05) is 56.8 Å². The molecule has 1 unspecified atom stereocenters. The van der Waals surface area contributed by atoms with Gasteiger partial charge in [0.2, 0.25) is 5.91 Å². The molecule has 3 rings (SSSR count). The third kappa shape index (κ3) is 6.23. The van der Waals surface area contributed by atoms with Gasteiger partial charge in [-0.25, -0.2) is 0 Å². The first-order valence-electron chi connectivity index (χ1n) is 10.7. The summed E-state index contributed by atoms with van der Waals surface area (Å²) in [4.78, 5) is 21.1. The second-order valence-corrected chi connectivity index (χ2v) is 8.51. The highest BCUT2D eigenvalue weighted by Crippen LogP contribution is 2.20. The van der Waals surface area contributed by atoms with Crippen LogP contribution >= 0.6 is 0 Å². The second kappa shape index (κ2) is 10.1. The van der Waals surface area contributed by atoms with Crippen LogP contribution in [0.2, 0.25) is 0 Å². The number of piperazine rings is 1. The molecule has 2 aromatic rings. The Bertz CT molecular complexity index is 824. The van der Waals surface area contributed by atoms with Gasteiger partial charge in [-0.15, -0.1) is 0 Å². The van der Waals surface area contributed by atoms with E-state index in [1.165, 1.54) is 13.3 Å². The summed E-state index contributed by atoms with van der Waals surface area (Å²) < 4.78 is 0. The van der Waals surface area contributed by atoms with Gasteiger partial charge in [-0.05, 0) is 49.6 Å². The summed E-state index contributed by atoms with van der Waals surface area (Å²) in [6, 6.07) is 10.4. The molecule has 1 aliphatic heterocycles. The van der Waals surface area contributed by atoms with E-state index >= 15 is 0 Å². The van der Waals surface area contributed by atoms with Crippen LogP contribution < -0.4 is 5.32 Å². The Hall–Kier alpha value is -2.02. The highest BCUT2D eigenvalue weighted by atomic mass is 16.3. The minimum atomic E-state index is -0.0705. The first-order chi connectivity index (χ1) is 13.9. The van der Waals surface area contributed by atoms with Crippen molar-refractivity contribution in [1.29, 1.82) is 0 Å². The van der Waals surface area contributed by atoms with Crippen molar-refractivity contribution in [2.75, 3.05) is 38.1 Å². The minimum absolute atomic E-state index is 0.0705. The average Bonchev–Trinajstić information content (AvgIpc) is 2.67. The summed E-state index contributed by atoms with van der Waals surface area (Å²) in [5, 5.41) is 13.3. The summed E-state index contributed by atoms with van der Waals surface area (Å²) in [7, 11) is 0. The Morgan fingerprint density at radius 2 is 2.10 bits per heavy atom. The van der Waals surface area contributed by atoms with E-state index in [1.807, 2.05) is 18.2 Å². The molecule has 6 heteroatoms. The molecule has 29 heavy (non-hydrogen) atoms. The zero-order chi connectivity index (χ0) is 20.8. The van der Waals surface area contributed by atoms with Crippen molar-refractivity contribution in [3.63, 3.8) is 0 Å². The van der Waals surface area contributed by atoms with Gasteiger partial charge in [0.15, 0.2) is 0 Å². The maximum Gasteiger partial charge on any atom is 0.221 e. The fourth-order valence-electron chi connectivity index (χ4n) is 4.01. The van der Waals surface area contributed by atoms with E-state index in [9.17, 15) is 9.90 Å². The Morgan fingerprint density at radius 1 is 1.28 bits per heavy atom. The summed E-state index contributed by atoms with van der Waals surface area (Å²) >= 11 is 0. The van der Waals surface area contributed by atoms with Crippen LogP contribution in [0, 0.1) is 5.92 Å². The summed E-state index contributed by atoms with van der Waals surface area (Å²) in [5.41, 5.74) is 2.80. The minimum Gasteiger partial charge on any atom is -0.396 e. The van der Waals surface area contributed by atoms with Crippen LogP contribution in [-0.2, 0) is 11.3 Å². The summed E-state index contributed by atoms with van der Waals surface area (Å²) in [5.74, 6) is 0.634. The molecule has 0 spiro atoms. The Labute approximate surface area is 173 Å². The maximum atomic E-state index is 11.2. The van der Waals surface area contributed by atoms with Crippen LogP contribution in [0.15, 0.2) is 30.3 Å². The van der Waals surface area contributed by atoms with Gasteiger partial charge in [0.25, 0.3) is 0 Å². The normalized spacial score (nSPS) is 18.4. The van der Waals surface area contributed by atoms with Crippen molar-refractivity contribution in [2.45, 2.75) is 46.2 Å². The van der Waals surface area contributed by atoms with Gasteiger partial charge in [-0.2, -0.15) is 0 Å². The molecule has 1 saturated heterocycles. The lowest BCUT2D eigenvalue weighted by molar-refractivity contribution is -0.114. The first kappa shape index (κ1) is 21.7. The van der Waals surface area contributed by atoms with Crippen molar-refractivity contribution in [1.82, 2.24) is 14.8 Å². The molecule has 1 amide bonds. The molecule has 1 atom stereocenters. The molecule has 0 saturated carbocycles. The number of hydrogen-bond donors (Lipinski definition) is 2. The van der Waals surface area contributed by atoms with E-state index in [0.29, 0.717) is 12.0 Å². The number of aromatic nitrogens is 1. The highest BCUT2D eigenvalue weighted by molar-refractivity contribution is 5.92. The van der Waals surface area contributed by atoms with E-state index in [1.54, 1.807) is 0 Å². The third-order valence-electron chi connectivity index (χ3n) is 5.60. The van der Waals surface area contributed by atoms with Gasteiger partial charge in [0.1, 0.15) is 0 Å². The van der Waals surface area contributed by atoms with Gasteiger partial charge >= 0.3 is 0 Å². The molecule has 2 N–H and O–H groups in total. The molecular weight excluding hydrogens is 364 g/mol. The van der Waals surface area contributed by atoms with Crippen molar-refractivity contribution in [3.05, 3.63) is 36.0 Å². The summed E-state index contributed by atoms with van der Waals surface area (Å²) in [6.07, 6.45) is 2.03. The van der Waals surface area contributed by atoms with E-state index in [-0.39, 0.29) is 12.5 Å². The van der Waals surface area contributed by atoms with E-state index in [4.69, 9.17) is 4.98 Å². The van der Waals surface area contributed by atoms with Gasteiger partial charge in [0.05, 0.1) is 11.2 Å². The smallest absolute Gasteiger partial charge is 0.221 e. The topological polar surface area (TPSA) is 68.7 Å². The predicted molar refractivity (Wildman–Crippen MR) is 118 cm³/mol. The number of carbonyl (C=O) groups excluding carboxylic acids is 1. The number of aliphatic hydroxyl groups is 1. The number of amides is 1. The molecule has 0 aliphatic carbocycles. The lowest BCUT2D eigenvalue weighted by Gasteiger charge is -2.41. The van der Waals surface area contributed by atoms with Crippen molar-refractivity contribution < 1.29 is 9.90 Å². The number of carbonyl (C=O) groups is 1. The predicted octanol–water partition coefficient (Wildman–Crippen LogP) is 3.11. The van der Waals surface area contributed by atoms with E-state index < -0.39 is 0 Å². The van der Waals surface area contributed by atoms with E-state index in [2.05, 4.69) is 41.1 Å². The maximum absolute atomic E-state index is 11.2. The van der Waals surface area contributed by atoms with Crippen molar-refractivity contribution in [2.24, 2.45) is 5.92 Å². The van der Waals surface area contributed by atoms with E-state index in [0.717, 1.165) is 61.4 Å². The van der Waals surface area contributed by atoms with Crippen molar-refractivity contribution in [3.8, 4) is 0 Å². The van der Waals surface area contributed by atoms with Crippen LogP contribution in [0.4, 0.5) is 5.69 Å². The largest absolute Gasteiger partial charge is 0.396 e. The molecule has 0 bridgehead atoms. The fraction of sp³-hybridized carbons (Fsp3) is 0.565. The molecule has 1 aromatic carbocycles. The van der Waals surface area contributed by atoms with Crippen LogP contribution in [-0.4, -0.2) is 64.6 Å². The molecule has 1 aromatic heterocycles.